The minimum atomic E-state index is 0.173. The number of nitrogens with one attached hydrogen (secondary N) is 3. The SMILES string of the molecule is CN=C(NCCCC(=O)NC1CC1)NCCC(C)C. The number of amides is 1. The van der Waals surface area contributed by atoms with Gasteiger partial charge in [-0.3, -0.25) is 9.79 Å². The number of aliphatic imine (C=N–C) groups is 1. The van der Waals surface area contributed by atoms with E-state index < -0.39 is 0 Å². The molecule has 1 saturated carbocycles. The van der Waals surface area contributed by atoms with Crippen LogP contribution in [0.3, 0.4) is 0 Å². The Morgan fingerprint density at radius 3 is 2.53 bits per heavy atom. The van der Waals surface area contributed by atoms with Gasteiger partial charge in [-0.05, 0) is 31.6 Å². The maximum atomic E-state index is 11.5. The fourth-order valence-corrected chi connectivity index (χ4v) is 1.68. The highest BCUT2D eigenvalue weighted by Crippen LogP contribution is 2.18. The lowest BCUT2D eigenvalue weighted by atomic mass is 10.1. The van der Waals surface area contributed by atoms with Crippen molar-refractivity contribution >= 4 is 11.9 Å². The number of carbonyl (C=O) groups is 1. The van der Waals surface area contributed by atoms with Crippen LogP contribution in [0.1, 0.15) is 46.0 Å². The quantitative estimate of drug-likeness (QED) is 0.353. The first kappa shape index (κ1) is 15.8. The monoisotopic (exact) mass is 268 g/mol. The third kappa shape index (κ3) is 8.46. The normalized spacial score (nSPS) is 15.5. The van der Waals surface area contributed by atoms with Crippen LogP contribution in [-0.4, -0.2) is 38.0 Å². The van der Waals surface area contributed by atoms with Gasteiger partial charge < -0.3 is 16.0 Å². The standard InChI is InChI=1S/C14H28N4O/c1-11(2)8-10-17-14(15-3)16-9-4-5-13(19)18-12-6-7-12/h11-12H,4-10H2,1-3H3,(H,18,19)(H2,15,16,17). The molecule has 0 unspecified atom stereocenters. The summed E-state index contributed by atoms with van der Waals surface area (Å²) in [4.78, 5) is 15.6. The van der Waals surface area contributed by atoms with Gasteiger partial charge in [0.05, 0.1) is 0 Å². The van der Waals surface area contributed by atoms with Gasteiger partial charge in [-0.25, -0.2) is 0 Å². The number of hydrogen-bond acceptors (Lipinski definition) is 2. The van der Waals surface area contributed by atoms with Gasteiger partial charge in [0.25, 0.3) is 0 Å². The fourth-order valence-electron chi connectivity index (χ4n) is 1.68. The molecule has 0 aromatic heterocycles. The first-order valence-corrected chi connectivity index (χ1v) is 7.35. The van der Waals surface area contributed by atoms with Gasteiger partial charge in [0.1, 0.15) is 0 Å². The summed E-state index contributed by atoms with van der Waals surface area (Å²) >= 11 is 0. The van der Waals surface area contributed by atoms with Crippen molar-refractivity contribution in [3.05, 3.63) is 0 Å². The van der Waals surface area contributed by atoms with E-state index in [4.69, 9.17) is 0 Å². The van der Waals surface area contributed by atoms with Gasteiger partial charge in [0, 0.05) is 32.6 Å². The first-order chi connectivity index (χ1) is 9.11. The second kappa shape index (κ2) is 8.77. The highest BCUT2D eigenvalue weighted by atomic mass is 16.1. The zero-order chi connectivity index (χ0) is 14.1. The van der Waals surface area contributed by atoms with E-state index in [1.54, 1.807) is 7.05 Å². The molecule has 0 heterocycles. The molecule has 0 spiro atoms. The summed E-state index contributed by atoms with van der Waals surface area (Å²) in [6.45, 7) is 6.12. The van der Waals surface area contributed by atoms with Gasteiger partial charge in [-0.1, -0.05) is 13.8 Å². The van der Waals surface area contributed by atoms with Crippen molar-refractivity contribution in [2.45, 2.75) is 52.0 Å². The summed E-state index contributed by atoms with van der Waals surface area (Å²) in [5.74, 6) is 1.69. The largest absolute Gasteiger partial charge is 0.356 e. The summed E-state index contributed by atoms with van der Waals surface area (Å²) in [6, 6.07) is 0.464. The van der Waals surface area contributed by atoms with Gasteiger partial charge in [-0.15, -0.1) is 0 Å². The molecule has 1 aliphatic rings. The van der Waals surface area contributed by atoms with Crippen molar-refractivity contribution < 1.29 is 4.79 Å². The minimum Gasteiger partial charge on any atom is -0.356 e. The van der Waals surface area contributed by atoms with E-state index in [2.05, 4.69) is 34.8 Å². The molecule has 0 saturated heterocycles. The number of carbonyl (C=O) groups excluding carboxylic acids is 1. The predicted molar refractivity (Wildman–Crippen MR) is 79.2 cm³/mol. The van der Waals surface area contributed by atoms with E-state index in [1.165, 1.54) is 0 Å². The van der Waals surface area contributed by atoms with Crippen molar-refractivity contribution in [1.82, 2.24) is 16.0 Å². The Balaban J connectivity index is 2.00. The molecular formula is C14H28N4O. The van der Waals surface area contributed by atoms with Crippen LogP contribution in [0.4, 0.5) is 0 Å². The second-order valence-corrected chi connectivity index (χ2v) is 5.55. The number of nitrogens with zero attached hydrogens (tertiary/aromatic N) is 1. The third-order valence-corrected chi connectivity index (χ3v) is 3.05. The van der Waals surface area contributed by atoms with E-state index in [0.717, 1.165) is 44.7 Å². The zero-order valence-electron chi connectivity index (χ0n) is 12.5. The van der Waals surface area contributed by atoms with Crippen molar-refractivity contribution in [3.8, 4) is 0 Å². The Labute approximate surface area is 116 Å². The predicted octanol–water partition coefficient (Wildman–Crippen LogP) is 1.26. The van der Waals surface area contributed by atoms with Gasteiger partial charge in [0.15, 0.2) is 5.96 Å². The summed E-state index contributed by atoms with van der Waals surface area (Å²) in [7, 11) is 1.77. The number of rotatable bonds is 8. The van der Waals surface area contributed by atoms with Crippen molar-refractivity contribution in [3.63, 3.8) is 0 Å². The Hall–Kier alpha value is -1.26. The van der Waals surface area contributed by atoms with Crippen LogP contribution in [0.5, 0.6) is 0 Å². The molecule has 0 atom stereocenters. The van der Waals surface area contributed by atoms with Crippen LogP contribution in [0.15, 0.2) is 4.99 Å². The van der Waals surface area contributed by atoms with E-state index in [1.807, 2.05) is 0 Å². The van der Waals surface area contributed by atoms with E-state index in [-0.39, 0.29) is 5.91 Å². The number of hydrogen-bond donors (Lipinski definition) is 3. The molecule has 1 aliphatic carbocycles. The smallest absolute Gasteiger partial charge is 0.220 e. The van der Waals surface area contributed by atoms with Crippen LogP contribution < -0.4 is 16.0 Å². The van der Waals surface area contributed by atoms with E-state index >= 15 is 0 Å². The fraction of sp³-hybridized carbons (Fsp3) is 0.857. The lowest BCUT2D eigenvalue weighted by molar-refractivity contribution is -0.121. The molecule has 0 bridgehead atoms. The molecule has 0 aromatic rings. The molecule has 110 valence electrons. The van der Waals surface area contributed by atoms with Gasteiger partial charge >= 0.3 is 0 Å². The first-order valence-electron chi connectivity index (χ1n) is 7.35. The topological polar surface area (TPSA) is 65.5 Å². The summed E-state index contributed by atoms with van der Waals surface area (Å²) < 4.78 is 0. The third-order valence-electron chi connectivity index (χ3n) is 3.05. The van der Waals surface area contributed by atoms with Gasteiger partial charge in [-0.2, -0.15) is 0 Å². The lowest BCUT2D eigenvalue weighted by Gasteiger charge is -2.12. The molecule has 5 nitrogen and oxygen atoms in total. The molecule has 0 aromatic carbocycles. The Morgan fingerprint density at radius 1 is 1.26 bits per heavy atom. The van der Waals surface area contributed by atoms with Crippen molar-refractivity contribution in [1.29, 1.82) is 0 Å². The zero-order valence-corrected chi connectivity index (χ0v) is 12.5. The molecular weight excluding hydrogens is 240 g/mol. The van der Waals surface area contributed by atoms with Crippen LogP contribution in [0, 0.1) is 5.92 Å². The molecule has 0 radical (unpaired) electrons. The van der Waals surface area contributed by atoms with Crippen LogP contribution in [0.25, 0.3) is 0 Å². The average molecular weight is 268 g/mol. The van der Waals surface area contributed by atoms with Crippen LogP contribution in [0.2, 0.25) is 0 Å². The Bertz CT molecular complexity index is 298. The van der Waals surface area contributed by atoms with E-state index in [9.17, 15) is 4.79 Å². The summed E-state index contributed by atoms with van der Waals surface area (Å²) in [6.07, 6.45) is 4.85. The molecule has 3 N–H and O–H groups in total. The second-order valence-electron chi connectivity index (χ2n) is 5.55. The maximum absolute atomic E-state index is 11.5. The molecule has 1 rings (SSSR count). The van der Waals surface area contributed by atoms with Crippen LogP contribution in [-0.2, 0) is 4.79 Å². The van der Waals surface area contributed by atoms with Crippen molar-refractivity contribution in [2.24, 2.45) is 10.9 Å². The van der Waals surface area contributed by atoms with Crippen molar-refractivity contribution in [2.75, 3.05) is 20.1 Å². The molecule has 1 amide bonds. The molecule has 1 fully saturated rings. The highest BCUT2D eigenvalue weighted by Gasteiger charge is 2.22. The Kier molecular flexibility index (Phi) is 7.30. The summed E-state index contributed by atoms with van der Waals surface area (Å²) in [5, 5.41) is 9.49. The minimum absolute atomic E-state index is 0.173. The van der Waals surface area contributed by atoms with Crippen LogP contribution >= 0.6 is 0 Å². The Morgan fingerprint density at radius 2 is 1.95 bits per heavy atom. The molecule has 5 heteroatoms. The van der Waals surface area contributed by atoms with Gasteiger partial charge in [0.2, 0.25) is 5.91 Å². The van der Waals surface area contributed by atoms with E-state index in [0.29, 0.717) is 18.4 Å². The average Bonchev–Trinajstić information content (AvgIpc) is 3.15. The highest BCUT2D eigenvalue weighted by molar-refractivity contribution is 5.79. The maximum Gasteiger partial charge on any atom is 0.220 e. The number of guanidine groups is 1. The summed E-state index contributed by atoms with van der Waals surface area (Å²) in [5.41, 5.74) is 0. The lowest BCUT2D eigenvalue weighted by Crippen LogP contribution is -2.38. The molecule has 19 heavy (non-hydrogen) atoms. The molecule has 0 aliphatic heterocycles.